The molecule has 0 aliphatic heterocycles. The molecule has 0 unspecified atom stereocenters. The standard InChI is InChI=1S/C16H27N3O2/c1-6-21-16(20)13-7-12(17)8-18-15(13)19-9-14(10(2)3)11(4)5/h7-8,10-11,14H,6,9,17H2,1-5H3,(H,18,19). The third kappa shape index (κ3) is 4.92. The van der Waals surface area contributed by atoms with E-state index < -0.39 is 5.97 Å². The highest BCUT2D eigenvalue weighted by molar-refractivity contribution is 5.95. The van der Waals surface area contributed by atoms with Crippen LogP contribution in [-0.2, 0) is 4.74 Å². The van der Waals surface area contributed by atoms with Crippen LogP contribution in [0.5, 0.6) is 0 Å². The van der Waals surface area contributed by atoms with E-state index >= 15 is 0 Å². The van der Waals surface area contributed by atoms with Crippen molar-refractivity contribution in [1.82, 2.24) is 4.98 Å². The summed E-state index contributed by atoms with van der Waals surface area (Å²) in [6, 6.07) is 1.60. The number of carbonyl (C=O) groups excluding carboxylic acids is 1. The van der Waals surface area contributed by atoms with Gasteiger partial charge in [-0.05, 0) is 30.7 Å². The van der Waals surface area contributed by atoms with Crippen molar-refractivity contribution >= 4 is 17.5 Å². The number of rotatable bonds is 7. The van der Waals surface area contributed by atoms with Crippen molar-refractivity contribution in [3.05, 3.63) is 17.8 Å². The summed E-state index contributed by atoms with van der Waals surface area (Å²) in [4.78, 5) is 16.2. The lowest BCUT2D eigenvalue weighted by molar-refractivity contribution is 0.0527. The van der Waals surface area contributed by atoms with E-state index in [4.69, 9.17) is 10.5 Å². The third-order valence-corrected chi connectivity index (χ3v) is 3.62. The summed E-state index contributed by atoms with van der Waals surface area (Å²) in [6.07, 6.45) is 1.55. The van der Waals surface area contributed by atoms with Crippen molar-refractivity contribution in [1.29, 1.82) is 0 Å². The van der Waals surface area contributed by atoms with Gasteiger partial charge in [-0.3, -0.25) is 0 Å². The fourth-order valence-electron chi connectivity index (χ4n) is 2.44. The fraction of sp³-hybridized carbons (Fsp3) is 0.625. The average Bonchev–Trinajstić information content (AvgIpc) is 2.39. The van der Waals surface area contributed by atoms with Crippen LogP contribution in [0, 0.1) is 17.8 Å². The van der Waals surface area contributed by atoms with Gasteiger partial charge in [0.15, 0.2) is 0 Å². The number of aromatic nitrogens is 1. The number of hydrogen-bond donors (Lipinski definition) is 2. The van der Waals surface area contributed by atoms with Crippen molar-refractivity contribution in [3.63, 3.8) is 0 Å². The number of carbonyl (C=O) groups is 1. The Balaban J connectivity index is 2.90. The van der Waals surface area contributed by atoms with E-state index in [0.717, 1.165) is 6.54 Å². The lowest BCUT2D eigenvalue weighted by atomic mass is 9.85. The Morgan fingerprint density at radius 1 is 1.33 bits per heavy atom. The molecule has 1 aromatic heterocycles. The predicted molar refractivity (Wildman–Crippen MR) is 86.3 cm³/mol. The van der Waals surface area contributed by atoms with Gasteiger partial charge < -0.3 is 15.8 Å². The molecular weight excluding hydrogens is 266 g/mol. The van der Waals surface area contributed by atoms with E-state index in [1.165, 1.54) is 0 Å². The first-order valence-electron chi connectivity index (χ1n) is 7.53. The summed E-state index contributed by atoms with van der Waals surface area (Å²) >= 11 is 0. The van der Waals surface area contributed by atoms with Crippen molar-refractivity contribution in [2.24, 2.45) is 17.8 Å². The molecule has 1 aromatic rings. The highest BCUT2D eigenvalue weighted by Crippen LogP contribution is 2.23. The number of pyridine rings is 1. The SMILES string of the molecule is CCOC(=O)c1cc(N)cnc1NCC(C(C)C)C(C)C. The zero-order valence-corrected chi connectivity index (χ0v) is 13.6. The topological polar surface area (TPSA) is 77.2 Å². The van der Waals surface area contributed by atoms with Crippen LogP contribution in [0.1, 0.15) is 45.0 Å². The Hall–Kier alpha value is -1.78. The van der Waals surface area contributed by atoms with Gasteiger partial charge in [0, 0.05) is 6.54 Å². The summed E-state index contributed by atoms with van der Waals surface area (Å²) in [5, 5.41) is 3.28. The maximum Gasteiger partial charge on any atom is 0.341 e. The molecule has 0 atom stereocenters. The van der Waals surface area contributed by atoms with Crippen molar-refractivity contribution in [3.8, 4) is 0 Å². The zero-order chi connectivity index (χ0) is 16.0. The van der Waals surface area contributed by atoms with Gasteiger partial charge >= 0.3 is 5.97 Å². The maximum atomic E-state index is 12.0. The van der Waals surface area contributed by atoms with E-state index in [-0.39, 0.29) is 0 Å². The summed E-state index contributed by atoms with van der Waals surface area (Å²) in [5.41, 5.74) is 6.56. The maximum absolute atomic E-state index is 12.0. The minimum absolute atomic E-state index is 0.327. The highest BCUT2D eigenvalue weighted by Gasteiger charge is 2.20. The summed E-state index contributed by atoms with van der Waals surface area (Å²) < 4.78 is 5.05. The molecule has 0 aliphatic rings. The van der Waals surface area contributed by atoms with Gasteiger partial charge in [-0.2, -0.15) is 0 Å². The van der Waals surface area contributed by atoms with Crippen LogP contribution >= 0.6 is 0 Å². The average molecular weight is 293 g/mol. The number of nitrogen functional groups attached to an aromatic ring is 1. The monoisotopic (exact) mass is 293 g/mol. The lowest BCUT2D eigenvalue weighted by Gasteiger charge is -2.25. The third-order valence-electron chi connectivity index (χ3n) is 3.62. The first-order valence-corrected chi connectivity index (χ1v) is 7.53. The van der Waals surface area contributed by atoms with Gasteiger partial charge in [-0.1, -0.05) is 27.7 Å². The normalized spacial score (nSPS) is 11.2. The van der Waals surface area contributed by atoms with Crippen molar-refractivity contribution < 1.29 is 9.53 Å². The van der Waals surface area contributed by atoms with E-state index in [1.807, 2.05) is 0 Å². The number of nitrogens with two attached hydrogens (primary N) is 1. The van der Waals surface area contributed by atoms with E-state index in [9.17, 15) is 4.79 Å². The summed E-state index contributed by atoms with van der Waals surface area (Å²) in [5.74, 6) is 1.74. The minimum Gasteiger partial charge on any atom is -0.462 e. The van der Waals surface area contributed by atoms with Crippen LogP contribution in [0.15, 0.2) is 12.3 Å². The molecule has 5 nitrogen and oxygen atoms in total. The van der Waals surface area contributed by atoms with Crippen LogP contribution in [0.4, 0.5) is 11.5 Å². The highest BCUT2D eigenvalue weighted by atomic mass is 16.5. The quantitative estimate of drug-likeness (QED) is 0.755. The van der Waals surface area contributed by atoms with Gasteiger partial charge in [0.2, 0.25) is 0 Å². The first kappa shape index (κ1) is 17.3. The number of nitrogens with zero attached hydrogens (tertiary/aromatic N) is 1. The van der Waals surface area contributed by atoms with Crippen LogP contribution in [0.25, 0.3) is 0 Å². The molecule has 0 fully saturated rings. The number of hydrogen-bond acceptors (Lipinski definition) is 5. The Kier molecular flexibility index (Phi) is 6.46. The molecule has 21 heavy (non-hydrogen) atoms. The molecule has 0 bridgehead atoms. The second-order valence-corrected chi connectivity index (χ2v) is 5.92. The molecule has 0 aliphatic carbocycles. The van der Waals surface area contributed by atoms with Crippen LogP contribution in [0.2, 0.25) is 0 Å². The Labute approximate surface area is 127 Å². The molecule has 1 rings (SSSR count). The van der Waals surface area contributed by atoms with Gasteiger partial charge in [-0.15, -0.1) is 0 Å². The lowest BCUT2D eigenvalue weighted by Crippen LogP contribution is -2.25. The van der Waals surface area contributed by atoms with Gasteiger partial charge in [0.05, 0.1) is 18.5 Å². The van der Waals surface area contributed by atoms with Gasteiger partial charge in [-0.25, -0.2) is 9.78 Å². The largest absolute Gasteiger partial charge is 0.462 e. The summed E-state index contributed by atoms with van der Waals surface area (Å²) in [6.45, 7) is 11.7. The smallest absolute Gasteiger partial charge is 0.341 e. The molecule has 118 valence electrons. The Morgan fingerprint density at radius 3 is 2.48 bits per heavy atom. The molecule has 5 heteroatoms. The predicted octanol–water partition coefficient (Wildman–Crippen LogP) is 3.18. The van der Waals surface area contributed by atoms with E-state index in [1.54, 1.807) is 19.2 Å². The number of ether oxygens (including phenoxy) is 1. The fourth-order valence-corrected chi connectivity index (χ4v) is 2.44. The molecule has 0 saturated carbocycles. The molecule has 0 amide bonds. The first-order chi connectivity index (χ1) is 9.86. The van der Waals surface area contributed by atoms with E-state index in [2.05, 4.69) is 38.0 Å². The molecule has 0 spiro atoms. The van der Waals surface area contributed by atoms with Crippen LogP contribution in [0.3, 0.4) is 0 Å². The molecule has 3 N–H and O–H groups in total. The molecule has 0 saturated heterocycles. The van der Waals surface area contributed by atoms with Crippen LogP contribution in [-0.4, -0.2) is 24.1 Å². The second-order valence-electron chi connectivity index (χ2n) is 5.92. The molecule has 0 radical (unpaired) electrons. The van der Waals surface area contributed by atoms with E-state index in [0.29, 0.717) is 41.4 Å². The molecule has 1 heterocycles. The van der Waals surface area contributed by atoms with Crippen LogP contribution < -0.4 is 11.1 Å². The zero-order valence-electron chi connectivity index (χ0n) is 13.6. The van der Waals surface area contributed by atoms with Crippen molar-refractivity contribution in [2.45, 2.75) is 34.6 Å². The summed E-state index contributed by atoms with van der Waals surface area (Å²) in [7, 11) is 0. The number of nitrogens with one attached hydrogen (secondary N) is 1. The second kappa shape index (κ2) is 7.86. The number of anilines is 2. The van der Waals surface area contributed by atoms with Gasteiger partial charge in [0.1, 0.15) is 11.4 Å². The van der Waals surface area contributed by atoms with Gasteiger partial charge in [0.25, 0.3) is 0 Å². The van der Waals surface area contributed by atoms with Crippen molar-refractivity contribution in [2.75, 3.05) is 24.2 Å². The minimum atomic E-state index is -0.398. The molecular formula is C16H27N3O2. The number of esters is 1. The molecule has 0 aromatic carbocycles. The Morgan fingerprint density at radius 2 is 1.95 bits per heavy atom. The Bertz CT molecular complexity index is 465.